The zero-order valence-electron chi connectivity index (χ0n) is 21.8. The zero-order chi connectivity index (χ0) is 24.3. The first-order valence-corrected chi connectivity index (χ1v) is 14.1. The van der Waals surface area contributed by atoms with E-state index >= 15 is 0 Å². The van der Waals surface area contributed by atoms with Gasteiger partial charge in [-0.3, -0.25) is 9.59 Å². The van der Waals surface area contributed by atoms with E-state index in [1.54, 1.807) is 0 Å². The zero-order valence-corrected chi connectivity index (χ0v) is 22.8. The van der Waals surface area contributed by atoms with Crippen molar-refractivity contribution in [2.45, 2.75) is 112 Å². The van der Waals surface area contributed by atoms with E-state index in [0.717, 1.165) is 0 Å². The number of carbonyl (C=O) groups is 2. The van der Waals surface area contributed by atoms with Crippen molar-refractivity contribution in [1.82, 2.24) is 0 Å². The van der Waals surface area contributed by atoms with Crippen LogP contribution in [0.5, 0.6) is 0 Å². The van der Waals surface area contributed by atoms with Gasteiger partial charge < -0.3 is 14.3 Å². The van der Waals surface area contributed by atoms with Crippen molar-refractivity contribution in [3.05, 3.63) is 0 Å². The largest absolute Gasteiger partial charge is 0.460 e. The van der Waals surface area contributed by atoms with Crippen molar-refractivity contribution < 1.29 is 23.9 Å². The van der Waals surface area contributed by atoms with Gasteiger partial charge in [0.2, 0.25) is 0 Å². The summed E-state index contributed by atoms with van der Waals surface area (Å²) in [7, 11) is -2.13. The van der Waals surface area contributed by atoms with Gasteiger partial charge in [-0.1, -0.05) is 55.4 Å². The summed E-state index contributed by atoms with van der Waals surface area (Å²) in [6, 6.07) is 0. The molecule has 30 heavy (non-hydrogen) atoms. The van der Waals surface area contributed by atoms with Gasteiger partial charge in [0.25, 0.3) is 0 Å². The molecule has 0 saturated heterocycles. The minimum atomic E-state index is -2.13. The highest BCUT2D eigenvalue weighted by molar-refractivity contribution is 6.74. The number of ether oxygens (including phenoxy) is 1. The van der Waals surface area contributed by atoms with Crippen molar-refractivity contribution in [1.29, 1.82) is 0 Å². The Hall–Kier alpha value is -0.723. The molecule has 4 atom stereocenters. The molecule has 0 spiro atoms. The van der Waals surface area contributed by atoms with Crippen LogP contribution in [0, 0.1) is 23.2 Å². The Labute approximate surface area is 186 Å². The van der Waals surface area contributed by atoms with Crippen LogP contribution in [0.25, 0.3) is 0 Å². The Morgan fingerprint density at radius 2 is 1.40 bits per heavy atom. The summed E-state index contributed by atoms with van der Waals surface area (Å²) >= 11 is 0. The Morgan fingerprint density at radius 3 is 1.77 bits per heavy atom. The molecule has 0 aliphatic heterocycles. The predicted molar refractivity (Wildman–Crippen MR) is 126 cm³/mol. The van der Waals surface area contributed by atoms with Crippen LogP contribution in [0.15, 0.2) is 0 Å². The van der Waals surface area contributed by atoms with Crippen LogP contribution < -0.4 is 0 Å². The Morgan fingerprint density at radius 1 is 0.933 bits per heavy atom. The smallest absolute Gasteiger partial charge is 0.306 e. The number of Topliss-reactive ketones (excluding diaryl/α,β-unsaturated/α-hetero) is 1. The average molecular weight is 445 g/mol. The molecule has 0 aromatic rings. The van der Waals surface area contributed by atoms with Crippen LogP contribution in [0.4, 0.5) is 0 Å². The molecular formula is C24H48O5Si. The highest BCUT2D eigenvalue weighted by Gasteiger charge is 2.46. The molecule has 0 fully saturated rings. The average Bonchev–Trinajstić information content (AvgIpc) is 2.54. The van der Waals surface area contributed by atoms with E-state index in [0.29, 0.717) is 0 Å². The third-order valence-electron chi connectivity index (χ3n) is 6.75. The molecule has 1 N–H and O–H groups in total. The molecule has 178 valence electrons. The van der Waals surface area contributed by atoms with Crippen LogP contribution in [0.2, 0.25) is 18.1 Å². The van der Waals surface area contributed by atoms with E-state index in [1.807, 2.05) is 55.4 Å². The van der Waals surface area contributed by atoms with Gasteiger partial charge in [-0.2, -0.15) is 0 Å². The maximum atomic E-state index is 13.6. The van der Waals surface area contributed by atoms with Gasteiger partial charge in [0.1, 0.15) is 11.4 Å². The summed E-state index contributed by atoms with van der Waals surface area (Å²) in [5.74, 6) is -0.962. The van der Waals surface area contributed by atoms with Crippen LogP contribution in [-0.2, 0) is 18.8 Å². The number of hydrogen-bond donors (Lipinski definition) is 1. The summed E-state index contributed by atoms with van der Waals surface area (Å²) < 4.78 is 12.1. The number of ketones is 1. The van der Waals surface area contributed by atoms with Crippen molar-refractivity contribution >= 4 is 20.1 Å². The number of aliphatic hydroxyl groups excluding tert-OH is 1. The lowest BCUT2D eigenvalue weighted by atomic mass is 9.69. The third-order valence-corrected chi connectivity index (χ3v) is 11.2. The lowest BCUT2D eigenvalue weighted by molar-refractivity contribution is -0.157. The predicted octanol–water partition coefficient (Wildman–Crippen LogP) is 5.60. The maximum Gasteiger partial charge on any atom is 0.306 e. The second-order valence-electron chi connectivity index (χ2n) is 12.1. The molecule has 0 amide bonds. The van der Waals surface area contributed by atoms with E-state index in [2.05, 4.69) is 33.9 Å². The molecule has 0 heterocycles. The topological polar surface area (TPSA) is 72.8 Å². The molecule has 0 aromatic heterocycles. The summed E-state index contributed by atoms with van der Waals surface area (Å²) in [6.07, 6.45) is -0.178. The first-order valence-electron chi connectivity index (χ1n) is 11.2. The van der Waals surface area contributed by atoms with E-state index in [1.165, 1.54) is 0 Å². The van der Waals surface area contributed by atoms with E-state index in [-0.39, 0.29) is 47.8 Å². The number of hydrogen-bond acceptors (Lipinski definition) is 5. The molecule has 5 nitrogen and oxygen atoms in total. The Balaban J connectivity index is 5.61. The lowest BCUT2D eigenvalue weighted by Gasteiger charge is -2.44. The molecule has 0 saturated carbocycles. The van der Waals surface area contributed by atoms with Gasteiger partial charge >= 0.3 is 5.97 Å². The number of esters is 1. The van der Waals surface area contributed by atoms with Gasteiger partial charge in [-0.05, 0) is 44.8 Å². The van der Waals surface area contributed by atoms with Gasteiger partial charge in [0.05, 0.1) is 6.10 Å². The fourth-order valence-corrected chi connectivity index (χ4v) is 4.67. The highest BCUT2D eigenvalue weighted by Crippen LogP contribution is 2.41. The molecule has 0 rings (SSSR count). The molecule has 6 heteroatoms. The second kappa shape index (κ2) is 10.3. The van der Waals surface area contributed by atoms with Crippen molar-refractivity contribution in [3.63, 3.8) is 0 Å². The normalized spacial score (nSPS) is 17.8. The summed E-state index contributed by atoms with van der Waals surface area (Å²) in [5.41, 5.74) is -1.27. The number of rotatable bonds is 10. The van der Waals surface area contributed by atoms with Crippen molar-refractivity contribution in [3.8, 4) is 0 Å². The standard InChI is InChI=1S/C24H48O5Si/c1-16(15-25)20(29-30(12,13)23(7,8)9)18(3)21(27)24(10,11)17(2)14-19(26)28-22(4,5)6/h16-18,20,25H,14-15H2,1-13H3/t16-,17-,18+,20+/m0/s1. The van der Waals surface area contributed by atoms with Gasteiger partial charge in [-0.15, -0.1) is 0 Å². The fraction of sp³-hybridized carbons (Fsp3) is 0.917. The minimum absolute atomic E-state index is 0.00270. The molecule has 0 radical (unpaired) electrons. The Bertz CT molecular complexity index is 583. The van der Waals surface area contributed by atoms with Crippen molar-refractivity contribution in [2.24, 2.45) is 23.2 Å². The minimum Gasteiger partial charge on any atom is -0.460 e. The molecule has 0 aliphatic carbocycles. The van der Waals surface area contributed by atoms with Crippen LogP contribution in [0.1, 0.15) is 82.6 Å². The monoisotopic (exact) mass is 444 g/mol. The van der Waals surface area contributed by atoms with Gasteiger partial charge in [0, 0.05) is 30.3 Å². The fourth-order valence-electron chi connectivity index (χ4n) is 3.20. The lowest BCUT2D eigenvalue weighted by Crippen LogP contribution is -2.51. The number of carbonyl (C=O) groups excluding carboxylic acids is 2. The molecule has 0 bridgehead atoms. The van der Waals surface area contributed by atoms with Crippen LogP contribution in [0.3, 0.4) is 0 Å². The first-order chi connectivity index (χ1) is 13.2. The van der Waals surface area contributed by atoms with Crippen LogP contribution in [-0.4, -0.2) is 43.5 Å². The molecule has 0 aromatic carbocycles. The summed E-state index contributed by atoms with van der Waals surface area (Å²) in [4.78, 5) is 25.9. The quantitative estimate of drug-likeness (QED) is 0.350. The van der Waals surface area contributed by atoms with Crippen LogP contribution >= 0.6 is 0 Å². The van der Waals surface area contributed by atoms with E-state index < -0.39 is 25.3 Å². The highest BCUT2D eigenvalue weighted by atomic mass is 28.4. The molecular weight excluding hydrogens is 396 g/mol. The summed E-state index contributed by atoms with van der Waals surface area (Å²) in [6.45, 7) is 25.9. The number of aliphatic hydroxyl groups is 1. The molecule has 0 aliphatic rings. The van der Waals surface area contributed by atoms with E-state index in [9.17, 15) is 14.7 Å². The van der Waals surface area contributed by atoms with Gasteiger partial charge in [0.15, 0.2) is 8.32 Å². The second-order valence-corrected chi connectivity index (χ2v) is 16.8. The molecule has 0 unspecified atom stereocenters. The maximum absolute atomic E-state index is 13.6. The third kappa shape index (κ3) is 8.08. The summed E-state index contributed by atoms with van der Waals surface area (Å²) in [5, 5.41) is 9.84. The Kier molecular flexibility index (Phi) is 10.0. The van der Waals surface area contributed by atoms with Gasteiger partial charge in [-0.25, -0.2) is 0 Å². The first kappa shape index (κ1) is 29.3. The SMILES string of the molecule is C[C@@H](CO)[C@@H](O[Si](C)(C)C(C)(C)C)[C@@H](C)C(=O)C(C)(C)[C@@H](C)CC(=O)OC(C)(C)C. The van der Waals surface area contributed by atoms with E-state index in [4.69, 9.17) is 9.16 Å². The van der Waals surface area contributed by atoms with Crippen molar-refractivity contribution in [2.75, 3.05) is 6.61 Å².